The number of rotatable bonds is 8. The number of carboxylic acid groups (broad SMARTS) is 1. The molecule has 1 aliphatic carbocycles. The summed E-state index contributed by atoms with van der Waals surface area (Å²) in [5, 5.41) is 28.7. The number of nitrogens with one attached hydrogen (secondary N) is 3. The normalized spacial score (nSPS) is 23.7. The first-order valence-electron chi connectivity index (χ1n) is 11.0. The van der Waals surface area contributed by atoms with E-state index in [1.165, 1.54) is 12.5 Å². The summed E-state index contributed by atoms with van der Waals surface area (Å²) < 4.78 is 0. The summed E-state index contributed by atoms with van der Waals surface area (Å²) in [5.41, 5.74) is 0.715. The van der Waals surface area contributed by atoms with Crippen molar-refractivity contribution in [1.29, 1.82) is 0 Å². The van der Waals surface area contributed by atoms with Gasteiger partial charge in [-0.15, -0.1) is 0 Å². The predicted molar refractivity (Wildman–Crippen MR) is 115 cm³/mol. The van der Waals surface area contributed by atoms with Crippen LogP contribution in [0.1, 0.15) is 56.7 Å². The SMILES string of the molecule is CC(=O)NC(C(=O)O)C1(O)CCC(C(=O)NCCCc2ccc3c(n2)NCCC3)CC1. The molecule has 9 heteroatoms. The maximum absolute atomic E-state index is 12.5. The number of aliphatic hydroxyl groups is 1. The molecule has 3 rings (SSSR count). The molecule has 1 atom stereocenters. The second-order valence-corrected chi connectivity index (χ2v) is 8.58. The Labute approximate surface area is 182 Å². The second kappa shape index (κ2) is 10.1. The van der Waals surface area contributed by atoms with Gasteiger partial charge in [-0.2, -0.15) is 0 Å². The van der Waals surface area contributed by atoms with Crippen LogP contribution in [0.2, 0.25) is 0 Å². The predicted octanol–water partition coefficient (Wildman–Crippen LogP) is 0.999. The number of fused-ring (bicyclic) bond motifs is 1. The molecule has 0 spiro atoms. The summed E-state index contributed by atoms with van der Waals surface area (Å²) in [6, 6.07) is 2.80. The average molecular weight is 433 g/mol. The summed E-state index contributed by atoms with van der Waals surface area (Å²) in [6.45, 7) is 2.71. The molecule has 0 radical (unpaired) electrons. The van der Waals surface area contributed by atoms with Crippen molar-refractivity contribution in [1.82, 2.24) is 15.6 Å². The van der Waals surface area contributed by atoms with Crippen LogP contribution in [0.4, 0.5) is 5.82 Å². The van der Waals surface area contributed by atoms with Crippen molar-refractivity contribution in [2.75, 3.05) is 18.4 Å². The highest BCUT2D eigenvalue weighted by Gasteiger charge is 2.45. The van der Waals surface area contributed by atoms with Crippen molar-refractivity contribution in [2.24, 2.45) is 5.92 Å². The number of aromatic nitrogens is 1. The van der Waals surface area contributed by atoms with Crippen LogP contribution in [0.15, 0.2) is 12.1 Å². The molecule has 170 valence electrons. The van der Waals surface area contributed by atoms with Gasteiger partial charge in [-0.25, -0.2) is 9.78 Å². The average Bonchev–Trinajstić information content (AvgIpc) is 2.75. The van der Waals surface area contributed by atoms with Crippen LogP contribution in [0.3, 0.4) is 0 Å². The molecule has 2 aliphatic rings. The van der Waals surface area contributed by atoms with Crippen molar-refractivity contribution in [3.05, 3.63) is 23.4 Å². The Kier molecular flexibility index (Phi) is 7.48. The summed E-state index contributed by atoms with van der Waals surface area (Å²) >= 11 is 0. The van der Waals surface area contributed by atoms with Gasteiger partial charge in [-0.3, -0.25) is 9.59 Å². The second-order valence-electron chi connectivity index (χ2n) is 8.58. The largest absolute Gasteiger partial charge is 0.480 e. The molecule has 0 saturated heterocycles. The van der Waals surface area contributed by atoms with Crippen LogP contribution in [-0.2, 0) is 27.2 Å². The zero-order valence-electron chi connectivity index (χ0n) is 17.9. The van der Waals surface area contributed by atoms with Crippen molar-refractivity contribution >= 4 is 23.6 Å². The molecule has 9 nitrogen and oxygen atoms in total. The van der Waals surface area contributed by atoms with Gasteiger partial charge in [0, 0.05) is 31.6 Å². The maximum atomic E-state index is 12.5. The number of aryl methyl sites for hydroxylation is 2. The van der Waals surface area contributed by atoms with E-state index in [0.717, 1.165) is 43.7 Å². The maximum Gasteiger partial charge on any atom is 0.329 e. The standard InChI is InChI=1S/C22H32N4O5/c1-14(27)25-18(21(29)30)22(31)10-8-16(9-11-22)20(28)24-13-3-5-17-7-6-15-4-2-12-23-19(15)26-17/h6-7,16,18,31H,2-5,8-13H2,1H3,(H,23,26)(H,24,28)(H,25,27)(H,29,30). The van der Waals surface area contributed by atoms with E-state index in [1.54, 1.807) is 0 Å². The van der Waals surface area contributed by atoms with Gasteiger partial charge in [0.05, 0.1) is 5.60 Å². The molecule has 31 heavy (non-hydrogen) atoms. The van der Waals surface area contributed by atoms with Crippen molar-refractivity contribution in [2.45, 2.75) is 69.9 Å². The first-order valence-corrected chi connectivity index (χ1v) is 11.0. The molecule has 1 unspecified atom stereocenters. The highest BCUT2D eigenvalue weighted by Crippen LogP contribution is 2.35. The van der Waals surface area contributed by atoms with Crippen LogP contribution in [0.25, 0.3) is 0 Å². The van der Waals surface area contributed by atoms with E-state index < -0.39 is 23.5 Å². The quantitative estimate of drug-likeness (QED) is 0.386. The summed E-state index contributed by atoms with van der Waals surface area (Å²) in [6.07, 6.45) is 4.79. The lowest BCUT2D eigenvalue weighted by molar-refractivity contribution is -0.153. The zero-order chi connectivity index (χ0) is 22.4. The Morgan fingerprint density at radius 2 is 2.03 bits per heavy atom. The number of nitrogens with zero attached hydrogens (tertiary/aromatic N) is 1. The highest BCUT2D eigenvalue weighted by atomic mass is 16.4. The fourth-order valence-electron chi connectivity index (χ4n) is 4.43. The van der Waals surface area contributed by atoms with E-state index in [1.807, 2.05) is 6.07 Å². The van der Waals surface area contributed by atoms with E-state index in [2.05, 4.69) is 27.0 Å². The van der Waals surface area contributed by atoms with E-state index >= 15 is 0 Å². The number of amides is 2. The van der Waals surface area contributed by atoms with Gasteiger partial charge in [-0.05, 0) is 63.0 Å². The lowest BCUT2D eigenvalue weighted by atomic mass is 9.74. The fraction of sp³-hybridized carbons (Fsp3) is 0.636. The molecular weight excluding hydrogens is 400 g/mol. The Morgan fingerprint density at radius 3 is 2.71 bits per heavy atom. The highest BCUT2D eigenvalue weighted by molar-refractivity contribution is 5.83. The first-order chi connectivity index (χ1) is 14.8. The van der Waals surface area contributed by atoms with E-state index in [0.29, 0.717) is 19.4 Å². The van der Waals surface area contributed by atoms with Crippen molar-refractivity contribution in [3.8, 4) is 0 Å². The van der Waals surface area contributed by atoms with Crippen molar-refractivity contribution < 1.29 is 24.6 Å². The lowest BCUT2D eigenvalue weighted by Gasteiger charge is -2.39. The number of hydrogen-bond acceptors (Lipinski definition) is 6. The van der Waals surface area contributed by atoms with Crippen molar-refractivity contribution in [3.63, 3.8) is 0 Å². The molecular formula is C22H32N4O5. The van der Waals surface area contributed by atoms with E-state index in [9.17, 15) is 24.6 Å². The van der Waals surface area contributed by atoms with E-state index in [4.69, 9.17) is 0 Å². The van der Waals surface area contributed by atoms with Gasteiger partial charge in [0.15, 0.2) is 6.04 Å². The number of pyridine rings is 1. The number of hydrogen-bond donors (Lipinski definition) is 5. The molecule has 1 fully saturated rings. The number of anilines is 1. The Hall–Kier alpha value is -2.68. The third-order valence-electron chi connectivity index (χ3n) is 6.21. The number of carbonyl (C=O) groups is 3. The third kappa shape index (κ3) is 5.94. The molecule has 0 bridgehead atoms. The Balaban J connectivity index is 1.42. The minimum absolute atomic E-state index is 0.0754. The topological polar surface area (TPSA) is 141 Å². The third-order valence-corrected chi connectivity index (χ3v) is 6.21. The van der Waals surface area contributed by atoms with Gasteiger partial charge in [0.1, 0.15) is 5.82 Å². The summed E-state index contributed by atoms with van der Waals surface area (Å²) in [5.74, 6) is -1.15. The molecule has 1 aromatic heterocycles. The Morgan fingerprint density at radius 1 is 1.29 bits per heavy atom. The number of carboxylic acids is 1. The minimum atomic E-state index is -1.54. The summed E-state index contributed by atoms with van der Waals surface area (Å²) in [7, 11) is 0. The fourth-order valence-corrected chi connectivity index (χ4v) is 4.43. The Bertz CT molecular complexity index is 820. The van der Waals surface area contributed by atoms with Gasteiger partial charge in [0.2, 0.25) is 11.8 Å². The molecule has 0 aromatic carbocycles. The van der Waals surface area contributed by atoms with Crippen LogP contribution < -0.4 is 16.0 Å². The van der Waals surface area contributed by atoms with Crippen LogP contribution in [0, 0.1) is 5.92 Å². The number of aliphatic carboxylic acids is 1. The van der Waals surface area contributed by atoms with Crippen LogP contribution >= 0.6 is 0 Å². The van der Waals surface area contributed by atoms with Crippen LogP contribution in [-0.4, -0.2) is 57.7 Å². The molecule has 2 heterocycles. The van der Waals surface area contributed by atoms with Gasteiger partial charge >= 0.3 is 5.97 Å². The zero-order valence-corrected chi connectivity index (χ0v) is 17.9. The monoisotopic (exact) mass is 432 g/mol. The van der Waals surface area contributed by atoms with Gasteiger partial charge < -0.3 is 26.2 Å². The minimum Gasteiger partial charge on any atom is -0.480 e. The first kappa shape index (κ1) is 23.0. The molecule has 5 N–H and O–H groups in total. The molecule has 1 aromatic rings. The van der Waals surface area contributed by atoms with Gasteiger partial charge in [-0.1, -0.05) is 6.07 Å². The molecule has 2 amide bonds. The number of carbonyl (C=O) groups excluding carboxylic acids is 2. The molecule has 1 saturated carbocycles. The smallest absolute Gasteiger partial charge is 0.329 e. The summed E-state index contributed by atoms with van der Waals surface area (Å²) in [4.78, 5) is 39.9. The lowest BCUT2D eigenvalue weighted by Crippen LogP contribution is -2.58. The van der Waals surface area contributed by atoms with Crippen LogP contribution in [0.5, 0.6) is 0 Å². The van der Waals surface area contributed by atoms with Gasteiger partial charge in [0.25, 0.3) is 0 Å². The van der Waals surface area contributed by atoms with E-state index in [-0.39, 0.29) is 24.7 Å². The molecule has 1 aliphatic heterocycles.